The van der Waals surface area contributed by atoms with Crippen molar-refractivity contribution in [2.75, 3.05) is 13.1 Å². The van der Waals surface area contributed by atoms with Gasteiger partial charge in [0, 0.05) is 43.5 Å². The number of benzene rings is 1. The molecule has 0 atom stereocenters. The first-order chi connectivity index (χ1) is 11.3. The van der Waals surface area contributed by atoms with Gasteiger partial charge in [0.1, 0.15) is 5.82 Å². The zero-order chi connectivity index (χ0) is 15.6. The van der Waals surface area contributed by atoms with Gasteiger partial charge in [-0.1, -0.05) is 12.1 Å². The number of likely N-dealkylation sites (tertiary alicyclic amines) is 1. The van der Waals surface area contributed by atoms with E-state index in [1.54, 1.807) is 6.20 Å². The summed E-state index contributed by atoms with van der Waals surface area (Å²) >= 11 is 0. The minimum Gasteiger partial charge on any atom is -0.361 e. The molecule has 2 N–H and O–H groups in total. The average Bonchev–Trinajstić information content (AvgIpc) is 3.25. The molecule has 0 aliphatic carbocycles. The third-order valence-corrected chi connectivity index (χ3v) is 4.76. The number of amides is 1. The van der Waals surface area contributed by atoms with Crippen molar-refractivity contribution in [3.05, 3.63) is 54.2 Å². The molecule has 1 amide bonds. The van der Waals surface area contributed by atoms with Gasteiger partial charge >= 0.3 is 0 Å². The van der Waals surface area contributed by atoms with Gasteiger partial charge in [-0.15, -0.1) is 0 Å². The fourth-order valence-electron chi connectivity index (χ4n) is 3.46. The lowest BCUT2D eigenvalue weighted by atomic mass is 9.93. The Balaban J connectivity index is 1.44. The third-order valence-electron chi connectivity index (χ3n) is 4.76. The summed E-state index contributed by atoms with van der Waals surface area (Å²) in [5.41, 5.74) is 1.71. The molecule has 5 heteroatoms. The van der Waals surface area contributed by atoms with Crippen LogP contribution < -0.4 is 0 Å². The van der Waals surface area contributed by atoms with Gasteiger partial charge in [0.05, 0.1) is 11.1 Å². The minimum absolute atomic E-state index is 0.134. The number of aromatic amines is 2. The van der Waals surface area contributed by atoms with Gasteiger partial charge in [0.15, 0.2) is 0 Å². The van der Waals surface area contributed by atoms with Crippen molar-refractivity contribution >= 4 is 16.8 Å². The zero-order valence-corrected chi connectivity index (χ0v) is 13.0. The van der Waals surface area contributed by atoms with E-state index in [1.807, 2.05) is 41.6 Å². The Morgan fingerprint density at radius 1 is 1.17 bits per heavy atom. The van der Waals surface area contributed by atoms with Crippen molar-refractivity contribution in [1.82, 2.24) is 19.9 Å². The SMILES string of the molecule is O=C(c1cccc2cc[nH]c12)N1CCC(Cc2ncc[nH]2)CC1. The highest BCUT2D eigenvalue weighted by Gasteiger charge is 2.25. The van der Waals surface area contributed by atoms with Crippen LogP contribution in [0.4, 0.5) is 0 Å². The van der Waals surface area contributed by atoms with Gasteiger partial charge in [-0.2, -0.15) is 0 Å². The molecule has 118 valence electrons. The van der Waals surface area contributed by atoms with Crippen LogP contribution in [0.1, 0.15) is 29.0 Å². The van der Waals surface area contributed by atoms with Crippen LogP contribution >= 0.6 is 0 Å². The van der Waals surface area contributed by atoms with Crippen LogP contribution in [-0.4, -0.2) is 38.8 Å². The summed E-state index contributed by atoms with van der Waals surface area (Å²) in [6.07, 6.45) is 8.59. The number of aromatic nitrogens is 3. The number of rotatable bonds is 3. The molecule has 0 spiro atoms. The molecule has 0 bridgehead atoms. The Kier molecular flexibility index (Phi) is 3.61. The second-order valence-electron chi connectivity index (χ2n) is 6.22. The first kappa shape index (κ1) is 14.1. The fraction of sp³-hybridized carbons (Fsp3) is 0.333. The first-order valence-electron chi connectivity index (χ1n) is 8.15. The molecule has 0 unspecified atom stereocenters. The number of hydrogen-bond donors (Lipinski definition) is 2. The number of nitrogens with zero attached hydrogens (tertiary/aromatic N) is 2. The van der Waals surface area contributed by atoms with Crippen LogP contribution in [0.3, 0.4) is 0 Å². The van der Waals surface area contributed by atoms with E-state index < -0.39 is 0 Å². The van der Waals surface area contributed by atoms with Crippen LogP contribution in [0.25, 0.3) is 10.9 Å². The van der Waals surface area contributed by atoms with E-state index in [9.17, 15) is 4.79 Å². The Labute approximate surface area is 134 Å². The highest BCUT2D eigenvalue weighted by Crippen LogP contribution is 2.24. The smallest absolute Gasteiger partial charge is 0.255 e. The molecule has 1 aliphatic rings. The van der Waals surface area contributed by atoms with E-state index in [0.29, 0.717) is 5.92 Å². The number of para-hydroxylation sites is 1. The lowest BCUT2D eigenvalue weighted by Gasteiger charge is -2.32. The molecule has 1 aromatic carbocycles. The Morgan fingerprint density at radius 2 is 2.04 bits per heavy atom. The summed E-state index contributed by atoms with van der Waals surface area (Å²) < 4.78 is 0. The predicted octanol–water partition coefficient (Wildman–Crippen LogP) is 2.99. The maximum atomic E-state index is 12.8. The molecule has 1 fully saturated rings. The zero-order valence-electron chi connectivity index (χ0n) is 13.0. The number of nitrogens with one attached hydrogen (secondary N) is 2. The van der Waals surface area contributed by atoms with Crippen LogP contribution in [0.2, 0.25) is 0 Å². The molecule has 3 aromatic rings. The molecule has 23 heavy (non-hydrogen) atoms. The largest absolute Gasteiger partial charge is 0.361 e. The van der Waals surface area contributed by atoms with Crippen molar-refractivity contribution in [2.45, 2.75) is 19.3 Å². The molecule has 0 saturated carbocycles. The quantitative estimate of drug-likeness (QED) is 0.781. The highest BCUT2D eigenvalue weighted by atomic mass is 16.2. The monoisotopic (exact) mass is 308 g/mol. The summed E-state index contributed by atoms with van der Waals surface area (Å²) in [7, 11) is 0. The van der Waals surface area contributed by atoms with Gasteiger partial charge in [0.25, 0.3) is 5.91 Å². The van der Waals surface area contributed by atoms with Crippen molar-refractivity contribution in [2.24, 2.45) is 5.92 Å². The second kappa shape index (κ2) is 5.91. The molecule has 1 aliphatic heterocycles. The fourth-order valence-corrected chi connectivity index (χ4v) is 3.46. The number of fused-ring (bicyclic) bond motifs is 1. The summed E-state index contributed by atoms with van der Waals surface area (Å²) in [5, 5.41) is 1.09. The topological polar surface area (TPSA) is 64.8 Å². The van der Waals surface area contributed by atoms with Gasteiger partial charge < -0.3 is 14.9 Å². The van der Waals surface area contributed by atoms with Gasteiger partial charge in [-0.3, -0.25) is 4.79 Å². The molecular formula is C18H20N4O. The number of H-pyrrole nitrogens is 2. The molecule has 3 heterocycles. The van der Waals surface area contributed by atoms with Crippen molar-refractivity contribution in [3.8, 4) is 0 Å². The Bertz CT molecular complexity index is 797. The van der Waals surface area contributed by atoms with Crippen molar-refractivity contribution < 1.29 is 4.79 Å². The van der Waals surface area contributed by atoms with Crippen LogP contribution in [0.5, 0.6) is 0 Å². The third kappa shape index (κ3) is 2.74. The summed E-state index contributed by atoms with van der Waals surface area (Å²) in [5.74, 6) is 1.78. The molecule has 2 aromatic heterocycles. The van der Waals surface area contributed by atoms with Gasteiger partial charge in [-0.25, -0.2) is 4.98 Å². The average molecular weight is 308 g/mol. The second-order valence-corrected chi connectivity index (χ2v) is 6.22. The molecule has 5 nitrogen and oxygen atoms in total. The van der Waals surface area contributed by atoms with E-state index in [1.165, 1.54) is 0 Å². The summed E-state index contributed by atoms with van der Waals surface area (Å²) in [6, 6.07) is 7.89. The van der Waals surface area contributed by atoms with E-state index in [0.717, 1.165) is 54.6 Å². The van der Waals surface area contributed by atoms with Crippen molar-refractivity contribution in [3.63, 3.8) is 0 Å². The minimum atomic E-state index is 0.134. The molecule has 0 radical (unpaired) electrons. The van der Waals surface area contributed by atoms with Crippen molar-refractivity contribution in [1.29, 1.82) is 0 Å². The number of imidazole rings is 1. The van der Waals surface area contributed by atoms with E-state index in [4.69, 9.17) is 0 Å². The number of carbonyl (C=O) groups is 1. The van der Waals surface area contributed by atoms with E-state index in [-0.39, 0.29) is 5.91 Å². The number of carbonyl (C=O) groups excluding carboxylic acids is 1. The molecular weight excluding hydrogens is 288 g/mol. The van der Waals surface area contributed by atoms with Crippen LogP contribution in [-0.2, 0) is 6.42 Å². The van der Waals surface area contributed by atoms with Crippen LogP contribution in [0, 0.1) is 5.92 Å². The van der Waals surface area contributed by atoms with Crippen LogP contribution in [0.15, 0.2) is 42.9 Å². The number of piperidine rings is 1. The molecule has 1 saturated heterocycles. The Hall–Kier alpha value is -2.56. The van der Waals surface area contributed by atoms with E-state index >= 15 is 0 Å². The standard InChI is InChI=1S/C18H20N4O/c23-18(15-3-1-2-14-4-7-21-17(14)15)22-10-5-13(6-11-22)12-16-19-8-9-20-16/h1-4,7-9,13,21H,5-6,10-12H2,(H,19,20). The maximum absolute atomic E-state index is 12.8. The first-order valence-corrected chi connectivity index (χ1v) is 8.15. The normalized spacial score (nSPS) is 16.1. The number of hydrogen-bond acceptors (Lipinski definition) is 2. The lowest BCUT2D eigenvalue weighted by molar-refractivity contribution is 0.0692. The van der Waals surface area contributed by atoms with Gasteiger partial charge in [-0.05, 0) is 30.9 Å². The Morgan fingerprint density at radius 3 is 2.83 bits per heavy atom. The summed E-state index contributed by atoms with van der Waals surface area (Å²) in [4.78, 5) is 25.5. The maximum Gasteiger partial charge on any atom is 0.255 e. The highest BCUT2D eigenvalue weighted by molar-refractivity contribution is 6.05. The van der Waals surface area contributed by atoms with E-state index in [2.05, 4.69) is 15.0 Å². The summed E-state index contributed by atoms with van der Waals surface area (Å²) in [6.45, 7) is 1.64. The van der Waals surface area contributed by atoms with Gasteiger partial charge in [0.2, 0.25) is 0 Å². The lowest BCUT2D eigenvalue weighted by Crippen LogP contribution is -2.39. The predicted molar refractivity (Wildman–Crippen MR) is 89.2 cm³/mol. The molecule has 4 rings (SSSR count).